The van der Waals surface area contributed by atoms with E-state index in [1.165, 1.54) is 0 Å². The van der Waals surface area contributed by atoms with Gasteiger partial charge in [0.2, 0.25) is 0 Å². The number of aliphatic hydroxyl groups is 1. The molecule has 3 aromatic rings. The van der Waals surface area contributed by atoms with Crippen molar-refractivity contribution in [2.75, 3.05) is 13.7 Å². The second-order valence-corrected chi connectivity index (χ2v) is 7.32. The SMILES string of the molecule is COc1ccc(-c2cc(-c3ccccc3)[nH]c2C(=O)NCCCCCC(O)NO)cc1. The number of methoxy groups -OCH3 is 1. The van der Waals surface area contributed by atoms with Crippen molar-refractivity contribution in [1.82, 2.24) is 15.8 Å². The highest BCUT2D eigenvalue weighted by Crippen LogP contribution is 2.31. The van der Waals surface area contributed by atoms with E-state index in [2.05, 4.69) is 10.3 Å². The molecule has 1 unspecified atom stereocenters. The van der Waals surface area contributed by atoms with E-state index in [9.17, 15) is 9.90 Å². The molecule has 7 heteroatoms. The van der Waals surface area contributed by atoms with Gasteiger partial charge in [-0.2, -0.15) is 5.48 Å². The number of carbonyl (C=O) groups excluding carboxylic acids is 1. The van der Waals surface area contributed by atoms with Crippen LogP contribution in [-0.2, 0) is 0 Å². The normalized spacial score (nSPS) is 11.8. The molecule has 3 rings (SSSR count). The molecule has 164 valence electrons. The molecule has 0 saturated heterocycles. The lowest BCUT2D eigenvalue weighted by Gasteiger charge is -2.09. The predicted molar refractivity (Wildman–Crippen MR) is 120 cm³/mol. The maximum absolute atomic E-state index is 12.9. The first kappa shape index (κ1) is 22.6. The summed E-state index contributed by atoms with van der Waals surface area (Å²) in [5, 5.41) is 20.9. The Morgan fingerprint density at radius 3 is 2.45 bits per heavy atom. The van der Waals surface area contributed by atoms with E-state index in [0.717, 1.165) is 47.4 Å². The van der Waals surface area contributed by atoms with Crippen molar-refractivity contribution in [2.24, 2.45) is 0 Å². The Hall–Kier alpha value is -3.13. The number of amides is 1. The number of aliphatic hydroxyl groups excluding tert-OH is 1. The molecule has 0 aliphatic carbocycles. The van der Waals surface area contributed by atoms with Gasteiger partial charge in [-0.1, -0.05) is 48.9 Å². The van der Waals surface area contributed by atoms with Crippen LogP contribution in [0.25, 0.3) is 22.4 Å². The molecule has 0 aliphatic heterocycles. The summed E-state index contributed by atoms with van der Waals surface area (Å²) in [5.41, 5.74) is 5.97. The minimum Gasteiger partial charge on any atom is -0.497 e. The Labute approximate surface area is 182 Å². The summed E-state index contributed by atoms with van der Waals surface area (Å²) in [5.74, 6) is 0.597. The van der Waals surface area contributed by atoms with E-state index < -0.39 is 6.23 Å². The van der Waals surface area contributed by atoms with Crippen molar-refractivity contribution in [3.05, 3.63) is 66.4 Å². The molecule has 0 fully saturated rings. The Morgan fingerprint density at radius 2 is 1.77 bits per heavy atom. The molecule has 5 N–H and O–H groups in total. The minimum atomic E-state index is -0.906. The minimum absolute atomic E-state index is 0.162. The van der Waals surface area contributed by atoms with Gasteiger partial charge in [0.05, 0.1) is 7.11 Å². The molecule has 0 radical (unpaired) electrons. The third-order valence-electron chi connectivity index (χ3n) is 5.12. The zero-order chi connectivity index (χ0) is 22.1. The van der Waals surface area contributed by atoms with Crippen LogP contribution in [0.3, 0.4) is 0 Å². The van der Waals surface area contributed by atoms with Crippen LogP contribution in [0.5, 0.6) is 5.75 Å². The Morgan fingerprint density at radius 1 is 1.03 bits per heavy atom. The van der Waals surface area contributed by atoms with Gasteiger partial charge in [0.25, 0.3) is 5.91 Å². The van der Waals surface area contributed by atoms with Gasteiger partial charge in [-0.05, 0) is 48.6 Å². The third kappa shape index (κ3) is 6.18. The number of benzene rings is 2. The summed E-state index contributed by atoms with van der Waals surface area (Å²) in [6.45, 7) is 0.531. The van der Waals surface area contributed by atoms with Gasteiger partial charge in [-0.3, -0.25) is 4.79 Å². The van der Waals surface area contributed by atoms with E-state index in [1.54, 1.807) is 7.11 Å². The van der Waals surface area contributed by atoms with Crippen LogP contribution in [0.2, 0.25) is 0 Å². The Bertz CT molecular complexity index is 955. The number of rotatable bonds is 11. The molecule has 1 amide bonds. The summed E-state index contributed by atoms with van der Waals surface area (Å²) < 4.78 is 5.24. The standard InChI is InChI=1S/C24H29N3O4/c1-31-19-13-11-17(12-14-19)20-16-21(18-8-4-2-5-9-18)26-23(20)24(29)25-15-7-3-6-10-22(28)27-30/h2,4-5,8-9,11-14,16,22,26-28,30H,3,6-7,10,15H2,1H3,(H,25,29). The fraction of sp³-hybridized carbons (Fsp3) is 0.292. The largest absolute Gasteiger partial charge is 0.497 e. The molecule has 7 nitrogen and oxygen atoms in total. The summed E-state index contributed by atoms with van der Waals surface area (Å²) in [6.07, 6.45) is 1.93. The summed E-state index contributed by atoms with van der Waals surface area (Å²) in [4.78, 5) is 16.2. The van der Waals surface area contributed by atoms with Crippen molar-refractivity contribution in [2.45, 2.75) is 31.9 Å². The van der Waals surface area contributed by atoms with Gasteiger partial charge in [0, 0.05) is 17.8 Å². The molecule has 2 aromatic carbocycles. The maximum atomic E-state index is 12.9. The molecule has 0 saturated carbocycles. The predicted octanol–water partition coefficient (Wildman–Crippen LogP) is 3.94. The Kier molecular flexibility index (Phi) is 8.23. The van der Waals surface area contributed by atoms with Gasteiger partial charge in [-0.25, -0.2) is 0 Å². The van der Waals surface area contributed by atoms with Gasteiger partial charge in [-0.15, -0.1) is 0 Å². The highest BCUT2D eigenvalue weighted by Gasteiger charge is 2.17. The first-order valence-corrected chi connectivity index (χ1v) is 10.4. The zero-order valence-electron chi connectivity index (χ0n) is 17.6. The number of carbonyl (C=O) groups is 1. The average Bonchev–Trinajstić information content (AvgIpc) is 3.27. The molecule has 31 heavy (non-hydrogen) atoms. The average molecular weight is 424 g/mol. The highest BCUT2D eigenvalue weighted by molar-refractivity contribution is 6.00. The van der Waals surface area contributed by atoms with Crippen LogP contribution in [0.4, 0.5) is 0 Å². The molecule has 0 aliphatic rings. The van der Waals surface area contributed by atoms with Crippen LogP contribution >= 0.6 is 0 Å². The molecular formula is C24H29N3O4. The monoisotopic (exact) mass is 423 g/mol. The number of unbranched alkanes of at least 4 members (excludes halogenated alkanes) is 2. The first-order valence-electron chi connectivity index (χ1n) is 10.4. The first-order chi connectivity index (χ1) is 15.1. The highest BCUT2D eigenvalue weighted by atomic mass is 16.5. The smallest absolute Gasteiger partial charge is 0.268 e. The number of nitrogens with one attached hydrogen (secondary N) is 3. The van der Waals surface area contributed by atoms with Gasteiger partial charge >= 0.3 is 0 Å². The number of hydrogen-bond donors (Lipinski definition) is 5. The lowest BCUT2D eigenvalue weighted by atomic mass is 10.0. The lowest BCUT2D eigenvalue weighted by Crippen LogP contribution is -2.26. The van der Waals surface area contributed by atoms with E-state index in [-0.39, 0.29) is 5.91 Å². The molecular weight excluding hydrogens is 394 g/mol. The fourth-order valence-electron chi connectivity index (χ4n) is 3.40. The zero-order valence-corrected chi connectivity index (χ0v) is 17.6. The van der Waals surface area contributed by atoms with Crippen molar-refractivity contribution >= 4 is 5.91 Å². The lowest BCUT2D eigenvalue weighted by molar-refractivity contribution is -0.00391. The fourth-order valence-corrected chi connectivity index (χ4v) is 3.40. The van der Waals surface area contributed by atoms with Crippen LogP contribution in [0, 0.1) is 0 Å². The number of ether oxygens (including phenoxy) is 1. The second-order valence-electron chi connectivity index (χ2n) is 7.32. The molecule has 0 bridgehead atoms. The molecule has 0 spiro atoms. The number of aromatic nitrogens is 1. The van der Waals surface area contributed by atoms with Gasteiger partial charge < -0.3 is 25.4 Å². The molecule has 1 aromatic heterocycles. The van der Waals surface area contributed by atoms with Crippen molar-refractivity contribution < 1.29 is 19.8 Å². The number of H-pyrrole nitrogens is 1. The topological polar surface area (TPSA) is 107 Å². The molecule has 1 heterocycles. The summed E-state index contributed by atoms with van der Waals surface area (Å²) >= 11 is 0. The quantitative estimate of drug-likeness (QED) is 0.182. The van der Waals surface area contributed by atoms with Crippen LogP contribution < -0.4 is 15.5 Å². The van der Waals surface area contributed by atoms with Gasteiger partial charge in [0.1, 0.15) is 17.7 Å². The Balaban J connectivity index is 1.72. The summed E-state index contributed by atoms with van der Waals surface area (Å²) in [7, 11) is 1.62. The van der Waals surface area contributed by atoms with E-state index in [1.807, 2.05) is 66.1 Å². The molecule has 1 atom stereocenters. The van der Waals surface area contributed by atoms with Crippen LogP contribution in [0.1, 0.15) is 36.2 Å². The van der Waals surface area contributed by atoms with E-state index in [0.29, 0.717) is 18.7 Å². The number of hydroxylamine groups is 1. The van der Waals surface area contributed by atoms with Gasteiger partial charge in [0.15, 0.2) is 0 Å². The van der Waals surface area contributed by atoms with Crippen molar-refractivity contribution in [3.8, 4) is 28.1 Å². The third-order valence-corrected chi connectivity index (χ3v) is 5.12. The number of aromatic amines is 1. The maximum Gasteiger partial charge on any atom is 0.268 e. The van der Waals surface area contributed by atoms with Crippen molar-refractivity contribution in [3.63, 3.8) is 0 Å². The summed E-state index contributed by atoms with van der Waals surface area (Å²) in [6, 6.07) is 19.5. The second kappa shape index (κ2) is 11.3. The van der Waals surface area contributed by atoms with E-state index in [4.69, 9.17) is 9.94 Å². The van der Waals surface area contributed by atoms with Crippen LogP contribution in [0.15, 0.2) is 60.7 Å². The number of hydrogen-bond acceptors (Lipinski definition) is 5. The van der Waals surface area contributed by atoms with Crippen LogP contribution in [-0.4, -0.2) is 41.1 Å². The van der Waals surface area contributed by atoms with Crippen molar-refractivity contribution in [1.29, 1.82) is 0 Å². The van der Waals surface area contributed by atoms with E-state index >= 15 is 0 Å².